The van der Waals surface area contributed by atoms with Crippen molar-refractivity contribution < 1.29 is 15.0 Å². The number of H-pyrrole nitrogens is 1. The number of aromatic hydroxyl groups is 1. The molecule has 1 heterocycles. The first-order chi connectivity index (χ1) is 8.54. The van der Waals surface area contributed by atoms with Crippen LogP contribution < -0.4 is 0 Å². The van der Waals surface area contributed by atoms with E-state index in [9.17, 15) is 15.0 Å². The number of aryl methyl sites for hydroxylation is 1. The van der Waals surface area contributed by atoms with Crippen molar-refractivity contribution in [2.75, 3.05) is 0 Å². The van der Waals surface area contributed by atoms with Gasteiger partial charge in [-0.05, 0) is 37.1 Å². The van der Waals surface area contributed by atoms with Crippen molar-refractivity contribution in [2.45, 2.75) is 32.6 Å². The predicted octanol–water partition coefficient (Wildman–Crippen LogP) is 3.15. The van der Waals surface area contributed by atoms with Gasteiger partial charge in [0.05, 0.1) is 5.92 Å². The summed E-state index contributed by atoms with van der Waals surface area (Å²) < 4.78 is 0. The van der Waals surface area contributed by atoms with Crippen molar-refractivity contribution in [3.05, 3.63) is 29.5 Å². The van der Waals surface area contributed by atoms with E-state index in [0.717, 1.165) is 28.6 Å². The Kier molecular flexibility index (Phi) is 3.28. The fourth-order valence-electron chi connectivity index (χ4n) is 2.46. The minimum atomic E-state index is -0.816. The summed E-state index contributed by atoms with van der Waals surface area (Å²) in [7, 11) is 0. The van der Waals surface area contributed by atoms with E-state index in [1.807, 2.05) is 13.8 Å². The lowest BCUT2D eigenvalue weighted by Crippen LogP contribution is -2.12. The van der Waals surface area contributed by atoms with Gasteiger partial charge in [0.1, 0.15) is 5.75 Å². The van der Waals surface area contributed by atoms with Gasteiger partial charge in [-0.25, -0.2) is 0 Å². The van der Waals surface area contributed by atoms with Crippen molar-refractivity contribution in [1.82, 2.24) is 4.98 Å². The standard InChI is InChI=1S/C14H17NO3/c1-3-4-10(14(17)18)13-8(2)15-12-6-5-9(16)7-11(12)13/h5-7,10,15-16H,3-4H2,1-2H3,(H,17,18). The van der Waals surface area contributed by atoms with Crippen LogP contribution in [0.5, 0.6) is 5.75 Å². The number of hydrogen-bond donors (Lipinski definition) is 3. The first kappa shape index (κ1) is 12.5. The fourth-order valence-corrected chi connectivity index (χ4v) is 2.46. The highest BCUT2D eigenvalue weighted by molar-refractivity contribution is 5.91. The number of carboxylic acids is 1. The maximum Gasteiger partial charge on any atom is 0.311 e. The van der Waals surface area contributed by atoms with Gasteiger partial charge in [-0.2, -0.15) is 0 Å². The van der Waals surface area contributed by atoms with Crippen LogP contribution in [0.1, 0.15) is 36.9 Å². The minimum absolute atomic E-state index is 0.156. The van der Waals surface area contributed by atoms with E-state index < -0.39 is 11.9 Å². The third-order valence-electron chi connectivity index (χ3n) is 3.24. The van der Waals surface area contributed by atoms with Gasteiger partial charge in [0.25, 0.3) is 0 Å². The molecule has 1 aromatic carbocycles. The van der Waals surface area contributed by atoms with Crippen molar-refractivity contribution in [3.8, 4) is 5.75 Å². The van der Waals surface area contributed by atoms with Gasteiger partial charge in [-0.15, -0.1) is 0 Å². The normalized spacial score (nSPS) is 12.8. The fraction of sp³-hybridized carbons (Fsp3) is 0.357. The third-order valence-corrected chi connectivity index (χ3v) is 3.24. The highest BCUT2D eigenvalue weighted by atomic mass is 16.4. The molecule has 0 spiro atoms. The lowest BCUT2D eigenvalue weighted by Gasteiger charge is -2.12. The molecule has 4 heteroatoms. The Morgan fingerprint density at radius 3 is 2.78 bits per heavy atom. The van der Waals surface area contributed by atoms with Gasteiger partial charge in [-0.1, -0.05) is 13.3 Å². The van der Waals surface area contributed by atoms with E-state index in [2.05, 4.69) is 4.98 Å². The number of phenols is 1. The lowest BCUT2D eigenvalue weighted by atomic mass is 9.92. The monoisotopic (exact) mass is 247 g/mol. The van der Waals surface area contributed by atoms with E-state index in [4.69, 9.17) is 0 Å². The van der Waals surface area contributed by atoms with Gasteiger partial charge in [0, 0.05) is 16.6 Å². The Morgan fingerprint density at radius 2 is 2.17 bits per heavy atom. The smallest absolute Gasteiger partial charge is 0.311 e. The quantitative estimate of drug-likeness (QED) is 0.777. The van der Waals surface area contributed by atoms with Crippen molar-refractivity contribution in [1.29, 1.82) is 0 Å². The van der Waals surface area contributed by atoms with Crippen LogP contribution in [0.25, 0.3) is 10.9 Å². The zero-order valence-corrected chi connectivity index (χ0v) is 10.5. The van der Waals surface area contributed by atoms with Gasteiger partial charge in [-0.3, -0.25) is 4.79 Å². The van der Waals surface area contributed by atoms with Crippen LogP contribution in [0.3, 0.4) is 0 Å². The Bertz CT molecular complexity index is 586. The van der Waals surface area contributed by atoms with Crippen LogP contribution in [-0.2, 0) is 4.79 Å². The number of phenolic OH excluding ortho intramolecular Hbond substituents is 1. The number of carbonyl (C=O) groups is 1. The predicted molar refractivity (Wildman–Crippen MR) is 70.0 cm³/mol. The topological polar surface area (TPSA) is 73.3 Å². The third kappa shape index (κ3) is 2.06. The van der Waals surface area contributed by atoms with Crippen molar-refractivity contribution in [2.24, 2.45) is 0 Å². The van der Waals surface area contributed by atoms with Crippen LogP contribution in [0.4, 0.5) is 0 Å². The summed E-state index contributed by atoms with van der Waals surface area (Å²) in [4.78, 5) is 14.6. The molecule has 2 rings (SSSR count). The van der Waals surface area contributed by atoms with E-state index in [0.29, 0.717) is 6.42 Å². The summed E-state index contributed by atoms with van der Waals surface area (Å²) in [6, 6.07) is 4.99. The zero-order valence-electron chi connectivity index (χ0n) is 10.5. The number of hydrogen-bond acceptors (Lipinski definition) is 2. The van der Waals surface area contributed by atoms with E-state index in [1.54, 1.807) is 18.2 Å². The van der Waals surface area contributed by atoms with Crippen molar-refractivity contribution in [3.63, 3.8) is 0 Å². The van der Waals surface area contributed by atoms with E-state index in [-0.39, 0.29) is 5.75 Å². The number of aromatic nitrogens is 1. The van der Waals surface area contributed by atoms with Gasteiger partial charge in [0.15, 0.2) is 0 Å². The maximum absolute atomic E-state index is 11.4. The average molecular weight is 247 g/mol. The molecule has 0 aliphatic carbocycles. The van der Waals surface area contributed by atoms with Gasteiger partial charge in [0.2, 0.25) is 0 Å². The summed E-state index contributed by atoms with van der Waals surface area (Å²) >= 11 is 0. The Hall–Kier alpha value is -1.97. The number of fused-ring (bicyclic) bond motifs is 1. The van der Waals surface area contributed by atoms with Gasteiger partial charge < -0.3 is 15.2 Å². The number of nitrogens with one attached hydrogen (secondary N) is 1. The molecule has 1 aromatic heterocycles. The van der Waals surface area contributed by atoms with E-state index in [1.165, 1.54) is 0 Å². The molecule has 3 N–H and O–H groups in total. The Labute approximate surface area is 105 Å². The van der Waals surface area contributed by atoms with Crippen molar-refractivity contribution >= 4 is 16.9 Å². The largest absolute Gasteiger partial charge is 0.508 e. The second kappa shape index (κ2) is 4.72. The SMILES string of the molecule is CCCC(C(=O)O)c1c(C)[nH]c2ccc(O)cc12. The van der Waals surface area contributed by atoms with E-state index >= 15 is 0 Å². The van der Waals surface area contributed by atoms with Gasteiger partial charge >= 0.3 is 5.97 Å². The number of aliphatic carboxylic acids is 1. The molecule has 0 radical (unpaired) electrons. The molecule has 0 aliphatic heterocycles. The van der Waals surface area contributed by atoms with Crippen LogP contribution in [0.15, 0.2) is 18.2 Å². The van der Waals surface area contributed by atoms with Crippen LogP contribution in [0, 0.1) is 6.92 Å². The average Bonchev–Trinajstić information content (AvgIpc) is 2.61. The van der Waals surface area contributed by atoms with Crippen LogP contribution in [-0.4, -0.2) is 21.2 Å². The summed E-state index contributed by atoms with van der Waals surface area (Å²) in [5, 5.41) is 19.7. The number of benzene rings is 1. The minimum Gasteiger partial charge on any atom is -0.508 e. The molecular formula is C14H17NO3. The Balaban J connectivity index is 2.63. The first-order valence-electron chi connectivity index (χ1n) is 6.08. The molecule has 2 aromatic rings. The molecule has 1 atom stereocenters. The molecular weight excluding hydrogens is 230 g/mol. The molecule has 0 saturated heterocycles. The van der Waals surface area contributed by atoms with Crippen LogP contribution >= 0.6 is 0 Å². The summed E-state index contributed by atoms with van der Waals surface area (Å²) in [5.74, 6) is -1.18. The maximum atomic E-state index is 11.4. The molecule has 1 unspecified atom stereocenters. The lowest BCUT2D eigenvalue weighted by molar-refractivity contribution is -0.139. The molecule has 0 saturated carbocycles. The van der Waals surface area contributed by atoms with Crippen LogP contribution in [0.2, 0.25) is 0 Å². The molecule has 0 fully saturated rings. The molecule has 0 aliphatic rings. The molecule has 96 valence electrons. The number of rotatable bonds is 4. The summed E-state index contributed by atoms with van der Waals surface area (Å²) in [6.07, 6.45) is 1.40. The second-order valence-electron chi connectivity index (χ2n) is 4.57. The number of aromatic amines is 1. The Morgan fingerprint density at radius 1 is 1.44 bits per heavy atom. The summed E-state index contributed by atoms with van der Waals surface area (Å²) in [6.45, 7) is 3.84. The summed E-state index contributed by atoms with van der Waals surface area (Å²) in [5.41, 5.74) is 2.51. The molecule has 4 nitrogen and oxygen atoms in total. The molecule has 0 bridgehead atoms. The molecule has 0 amide bonds. The first-order valence-corrected chi connectivity index (χ1v) is 6.08. The molecule has 18 heavy (non-hydrogen) atoms. The highest BCUT2D eigenvalue weighted by Crippen LogP contribution is 2.33. The number of carboxylic acid groups (broad SMARTS) is 1. The second-order valence-corrected chi connectivity index (χ2v) is 4.57. The zero-order chi connectivity index (χ0) is 13.3. The highest BCUT2D eigenvalue weighted by Gasteiger charge is 2.24.